The summed E-state index contributed by atoms with van der Waals surface area (Å²) in [6.07, 6.45) is 3.03. The number of hydrogen-bond acceptors (Lipinski definition) is 4. The Labute approximate surface area is 179 Å². The molecule has 8 heteroatoms. The minimum Gasteiger partial charge on any atom is -0.349 e. The lowest BCUT2D eigenvalue weighted by molar-refractivity contribution is 0.0692. The van der Waals surface area contributed by atoms with E-state index in [9.17, 15) is 9.59 Å². The van der Waals surface area contributed by atoms with E-state index in [1.807, 2.05) is 43.3 Å². The van der Waals surface area contributed by atoms with Gasteiger partial charge in [-0.25, -0.2) is 4.68 Å². The first kappa shape index (κ1) is 20.1. The number of amides is 2. The molecule has 7 nitrogen and oxygen atoms in total. The molecule has 0 aliphatic carbocycles. The second-order valence-corrected chi connectivity index (χ2v) is 7.87. The van der Waals surface area contributed by atoms with Crippen molar-refractivity contribution in [2.45, 2.75) is 25.8 Å². The van der Waals surface area contributed by atoms with Gasteiger partial charge in [0.1, 0.15) is 0 Å². The van der Waals surface area contributed by atoms with Crippen LogP contribution in [0.4, 0.5) is 0 Å². The van der Waals surface area contributed by atoms with E-state index >= 15 is 0 Å². The van der Waals surface area contributed by atoms with Gasteiger partial charge < -0.3 is 10.2 Å². The summed E-state index contributed by atoms with van der Waals surface area (Å²) >= 11 is 5.91. The third kappa shape index (κ3) is 4.52. The Kier molecular flexibility index (Phi) is 5.81. The summed E-state index contributed by atoms with van der Waals surface area (Å²) in [6, 6.07) is 14.7. The van der Waals surface area contributed by atoms with Crippen LogP contribution < -0.4 is 5.32 Å². The maximum absolute atomic E-state index is 12.8. The molecule has 154 valence electrons. The van der Waals surface area contributed by atoms with Crippen LogP contribution in [0.2, 0.25) is 5.02 Å². The normalized spacial score (nSPS) is 14.5. The Morgan fingerprint density at radius 2 is 1.70 bits per heavy atom. The molecule has 2 heterocycles. The van der Waals surface area contributed by atoms with E-state index in [1.165, 1.54) is 0 Å². The van der Waals surface area contributed by atoms with Crippen LogP contribution in [0.3, 0.4) is 0 Å². The summed E-state index contributed by atoms with van der Waals surface area (Å²) in [5.41, 5.74) is 2.85. The highest BCUT2D eigenvalue weighted by Gasteiger charge is 2.26. The van der Waals surface area contributed by atoms with Crippen LogP contribution in [-0.2, 0) is 0 Å². The van der Waals surface area contributed by atoms with Crippen molar-refractivity contribution >= 4 is 23.4 Å². The number of aryl methyl sites for hydroxylation is 1. The van der Waals surface area contributed by atoms with Gasteiger partial charge in [-0.15, -0.1) is 5.10 Å². The third-order valence-corrected chi connectivity index (χ3v) is 5.49. The number of nitrogens with one attached hydrogen (secondary N) is 1. The lowest BCUT2D eigenvalue weighted by Gasteiger charge is -2.31. The zero-order valence-electron chi connectivity index (χ0n) is 16.6. The van der Waals surface area contributed by atoms with Gasteiger partial charge in [-0.05, 0) is 56.2 Å². The first-order valence-corrected chi connectivity index (χ1v) is 10.2. The lowest BCUT2D eigenvalue weighted by Crippen LogP contribution is -2.46. The molecule has 3 aromatic rings. The van der Waals surface area contributed by atoms with Gasteiger partial charge in [0.05, 0.1) is 11.9 Å². The fraction of sp³-hybridized carbons (Fsp3) is 0.273. The molecule has 0 saturated carbocycles. The van der Waals surface area contributed by atoms with Crippen molar-refractivity contribution in [3.8, 4) is 5.69 Å². The molecule has 0 bridgehead atoms. The third-order valence-electron chi connectivity index (χ3n) is 5.23. The van der Waals surface area contributed by atoms with Gasteiger partial charge >= 0.3 is 0 Å². The number of aromatic nitrogens is 3. The van der Waals surface area contributed by atoms with Gasteiger partial charge in [0, 0.05) is 29.7 Å². The molecule has 1 saturated heterocycles. The Morgan fingerprint density at radius 1 is 1.03 bits per heavy atom. The van der Waals surface area contributed by atoms with Gasteiger partial charge in [0.15, 0.2) is 5.69 Å². The molecule has 1 aliphatic rings. The first-order chi connectivity index (χ1) is 14.5. The fourth-order valence-corrected chi connectivity index (χ4v) is 3.57. The number of halogens is 1. The number of nitrogens with zero attached hydrogens (tertiary/aromatic N) is 4. The average molecular weight is 424 g/mol. The molecular formula is C22H22ClN5O2. The molecule has 0 radical (unpaired) electrons. The monoisotopic (exact) mass is 423 g/mol. The number of hydrogen-bond donors (Lipinski definition) is 1. The van der Waals surface area contributed by atoms with Crippen LogP contribution in [0.15, 0.2) is 54.7 Å². The number of carbonyl (C=O) groups is 2. The predicted octanol–water partition coefficient (Wildman–Crippen LogP) is 3.26. The average Bonchev–Trinajstić information content (AvgIpc) is 3.25. The zero-order chi connectivity index (χ0) is 21.1. The van der Waals surface area contributed by atoms with Crippen LogP contribution in [-0.4, -0.2) is 50.8 Å². The second-order valence-electron chi connectivity index (χ2n) is 7.43. The maximum atomic E-state index is 12.8. The number of piperidine rings is 1. The summed E-state index contributed by atoms with van der Waals surface area (Å²) in [6.45, 7) is 3.11. The molecule has 1 N–H and O–H groups in total. The SMILES string of the molecule is Cc1ccc(C(=O)NC2CCN(C(=O)c3cn(-c4ccc(Cl)cc4)nn3)CC2)cc1. The van der Waals surface area contributed by atoms with Gasteiger partial charge in [0.25, 0.3) is 11.8 Å². The van der Waals surface area contributed by atoms with Crippen molar-refractivity contribution in [2.75, 3.05) is 13.1 Å². The van der Waals surface area contributed by atoms with E-state index in [4.69, 9.17) is 11.6 Å². The summed E-state index contributed by atoms with van der Waals surface area (Å²) < 4.78 is 1.55. The molecule has 1 aliphatic heterocycles. The zero-order valence-corrected chi connectivity index (χ0v) is 17.3. The van der Waals surface area contributed by atoms with E-state index in [0.717, 1.165) is 11.3 Å². The molecule has 0 atom stereocenters. The van der Waals surface area contributed by atoms with E-state index in [0.29, 0.717) is 42.2 Å². The second kappa shape index (κ2) is 8.67. The maximum Gasteiger partial charge on any atom is 0.276 e. The summed E-state index contributed by atoms with van der Waals surface area (Å²) in [5.74, 6) is -0.232. The van der Waals surface area contributed by atoms with Gasteiger partial charge in [0.2, 0.25) is 0 Å². The van der Waals surface area contributed by atoms with Crippen molar-refractivity contribution < 1.29 is 9.59 Å². The molecule has 0 unspecified atom stereocenters. The minimum absolute atomic E-state index is 0.0487. The Bertz CT molecular complexity index is 1040. The van der Waals surface area contributed by atoms with E-state index < -0.39 is 0 Å². The molecule has 4 rings (SSSR count). The van der Waals surface area contributed by atoms with Crippen molar-refractivity contribution in [2.24, 2.45) is 0 Å². The highest BCUT2D eigenvalue weighted by Crippen LogP contribution is 2.16. The van der Waals surface area contributed by atoms with Gasteiger partial charge in [-0.3, -0.25) is 9.59 Å². The number of carbonyl (C=O) groups excluding carboxylic acids is 2. The van der Waals surface area contributed by atoms with Crippen molar-refractivity contribution in [3.05, 3.63) is 76.6 Å². The number of rotatable bonds is 4. The standard InChI is InChI=1S/C22H22ClN5O2/c1-15-2-4-16(5-3-15)21(29)24-18-10-12-27(13-11-18)22(30)20-14-28(26-25-20)19-8-6-17(23)7-9-19/h2-9,14,18H,10-13H2,1H3,(H,24,29). The van der Waals surface area contributed by atoms with Crippen LogP contribution in [0.5, 0.6) is 0 Å². The summed E-state index contributed by atoms with van der Waals surface area (Å²) in [5, 5.41) is 11.8. The summed E-state index contributed by atoms with van der Waals surface area (Å²) in [7, 11) is 0. The number of benzene rings is 2. The van der Waals surface area contributed by atoms with Crippen LogP contribution in [0.1, 0.15) is 39.3 Å². The molecule has 1 fully saturated rings. The van der Waals surface area contributed by atoms with Crippen LogP contribution in [0.25, 0.3) is 5.69 Å². The Morgan fingerprint density at radius 3 is 2.37 bits per heavy atom. The largest absolute Gasteiger partial charge is 0.349 e. The topological polar surface area (TPSA) is 80.1 Å². The molecular weight excluding hydrogens is 402 g/mol. The van der Waals surface area contributed by atoms with E-state index in [-0.39, 0.29) is 17.9 Å². The predicted molar refractivity (Wildman–Crippen MR) is 114 cm³/mol. The summed E-state index contributed by atoms with van der Waals surface area (Å²) in [4.78, 5) is 26.9. The van der Waals surface area contributed by atoms with Gasteiger partial charge in [-0.2, -0.15) is 0 Å². The molecule has 2 aromatic carbocycles. The molecule has 30 heavy (non-hydrogen) atoms. The minimum atomic E-state index is -0.154. The Balaban J connectivity index is 1.33. The molecule has 0 spiro atoms. The lowest BCUT2D eigenvalue weighted by atomic mass is 10.0. The van der Waals surface area contributed by atoms with Crippen LogP contribution in [0, 0.1) is 6.92 Å². The highest BCUT2D eigenvalue weighted by atomic mass is 35.5. The number of likely N-dealkylation sites (tertiary alicyclic amines) is 1. The fourth-order valence-electron chi connectivity index (χ4n) is 3.44. The van der Waals surface area contributed by atoms with E-state index in [2.05, 4.69) is 15.6 Å². The van der Waals surface area contributed by atoms with Crippen molar-refractivity contribution in [1.82, 2.24) is 25.2 Å². The quantitative estimate of drug-likeness (QED) is 0.698. The first-order valence-electron chi connectivity index (χ1n) is 9.85. The van der Waals surface area contributed by atoms with Crippen molar-refractivity contribution in [3.63, 3.8) is 0 Å². The molecule has 1 aromatic heterocycles. The Hall–Kier alpha value is -3.19. The van der Waals surface area contributed by atoms with Crippen LogP contribution >= 0.6 is 11.6 Å². The van der Waals surface area contributed by atoms with Gasteiger partial charge in [-0.1, -0.05) is 34.5 Å². The molecule has 2 amide bonds. The smallest absolute Gasteiger partial charge is 0.276 e. The van der Waals surface area contributed by atoms with Crippen molar-refractivity contribution in [1.29, 1.82) is 0 Å². The highest BCUT2D eigenvalue weighted by molar-refractivity contribution is 6.30. The van der Waals surface area contributed by atoms with E-state index in [1.54, 1.807) is 27.9 Å².